The van der Waals surface area contributed by atoms with Gasteiger partial charge in [-0.05, 0) is 36.1 Å². The molecule has 1 atom stereocenters. The summed E-state index contributed by atoms with van der Waals surface area (Å²) in [6, 6.07) is 16.9. The molecule has 0 aliphatic carbocycles. The molecule has 0 N–H and O–H groups in total. The second-order valence-corrected chi connectivity index (χ2v) is 7.69. The van der Waals surface area contributed by atoms with Gasteiger partial charge in [-0.2, -0.15) is 0 Å². The molecule has 0 radical (unpaired) electrons. The third-order valence-corrected chi connectivity index (χ3v) is 6.11. The van der Waals surface area contributed by atoms with Crippen LogP contribution >= 0.6 is 0 Å². The van der Waals surface area contributed by atoms with Crippen molar-refractivity contribution in [1.29, 1.82) is 0 Å². The summed E-state index contributed by atoms with van der Waals surface area (Å²) in [4.78, 5) is 0. The zero-order valence-corrected chi connectivity index (χ0v) is 14.3. The molecule has 0 bridgehead atoms. The zero-order valence-electron chi connectivity index (χ0n) is 13.4. The predicted molar refractivity (Wildman–Crippen MR) is 95.7 cm³/mol. The van der Waals surface area contributed by atoms with Crippen molar-refractivity contribution in [3.05, 3.63) is 71.3 Å². The van der Waals surface area contributed by atoms with Crippen LogP contribution in [0.3, 0.4) is 0 Å². The van der Waals surface area contributed by atoms with Gasteiger partial charge in [-0.1, -0.05) is 61.5 Å². The van der Waals surface area contributed by atoms with Gasteiger partial charge in [0.1, 0.15) is 0 Å². The van der Waals surface area contributed by atoms with Crippen molar-refractivity contribution in [3.63, 3.8) is 0 Å². The standard InChI is InChI=1S/C19H21NO2S/c1-3-17-13-18-11-7-8-12-19(18)20(15(17)2)23(21,22)14-16-9-5-4-6-10-16/h4-13,15H,3,14H2,1-2H3. The van der Waals surface area contributed by atoms with Crippen molar-refractivity contribution in [3.8, 4) is 0 Å². The molecule has 3 rings (SSSR count). The second kappa shape index (κ2) is 6.20. The smallest absolute Gasteiger partial charge is 0.239 e. The van der Waals surface area contributed by atoms with Gasteiger partial charge in [0.05, 0.1) is 17.5 Å². The average Bonchev–Trinajstić information content (AvgIpc) is 2.54. The van der Waals surface area contributed by atoms with E-state index in [-0.39, 0.29) is 11.8 Å². The summed E-state index contributed by atoms with van der Waals surface area (Å²) in [5, 5.41) is 0. The van der Waals surface area contributed by atoms with E-state index in [1.54, 1.807) is 4.31 Å². The SMILES string of the molecule is CCC1=Cc2ccccc2N(S(=O)(=O)Cc2ccccc2)C1C. The summed E-state index contributed by atoms with van der Waals surface area (Å²) >= 11 is 0. The number of benzene rings is 2. The first-order valence-corrected chi connectivity index (χ1v) is 9.49. The number of rotatable bonds is 4. The average molecular weight is 327 g/mol. The normalized spacial score (nSPS) is 17.6. The van der Waals surface area contributed by atoms with Crippen LogP contribution in [-0.2, 0) is 15.8 Å². The molecule has 120 valence electrons. The number of para-hydroxylation sites is 1. The van der Waals surface area contributed by atoms with Crippen LogP contribution in [0.5, 0.6) is 0 Å². The van der Waals surface area contributed by atoms with E-state index >= 15 is 0 Å². The molecule has 0 saturated carbocycles. The Balaban J connectivity index is 2.05. The van der Waals surface area contributed by atoms with E-state index in [2.05, 4.69) is 13.0 Å². The summed E-state index contributed by atoms with van der Waals surface area (Å²) in [6.07, 6.45) is 2.96. The van der Waals surface area contributed by atoms with Crippen molar-refractivity contribution >= 4 is 21.8 Å². The van der Waals surface area contributed by atoms with Crippen molar-refractivity contribution < 1.29 is 8.42 Å². The summed E-state index contributed by atoms with van der Waals surface area (Å²) in [6.45, 7) is 4.03. The van der Waals surface area contributed by atoms with Gasteiger partial charge >= 0.3 is 0 Å². The van der Waals surface area contributed by atoms with Crippen LogP contribution in [0.4, 0.5) is 5.69 Å². The molecule has 1 unspecified atom stereocenters. The first-order valence-electron chi connectivity index (χ1n) is 7.88. The molecule has 2 aromatic rings. The van der Waals surface area contributed by atoms with Gasteiger partial charge in [0.25, 0.3) is 0 Å². The maximum Gasteiger partial charge on any atom is 0.239 e. The highest BCUT2D eigenvalue weighted by Crippen LogP contribution is 2.36. The quantitative estimate of drug-likeness (QED) is 0.843. The molecule has 1 aliphatic rings. The Morgan fingerprint density at radius 1 is 1.00 bits per heavy atom. The third-order valence-electron chi connectivity index (χ3n) is 4.30. The van der Waals surface area contributed by atoms with E-state index in [0.717, 1.165) is 28.8 Å². The number of fused-ring (bicyclic) bond motifs is 1. The Morgan fingerprint density at radius 2 is 1.65 bits per heavy atom. The molecule has 0 saturated heterocycles. The first kappa shape index (κ1) is 15.8. The van der Waals surface area contributed by atoms with Crippen LogP contribution in [0.2, 0.25) is 0 Å². The molecule has 0 aromatic heterocycles. The second-order valence-electron chi connectivity index (χ2n) is 5.85. The topological polar surface area (TPSA) is 37.4 Å². The van der Waals surface area contributed by atoms with Crippen LogP contribution in [0.25, 0.3) is 6.08 Å². The lowest BCUT2D eigenvalue weighted by Crippen LogP contribution is -2.42. The van der Waals surface area contributed by atoms with E-state index in [0.29, 0.717) is 0 Å². The van der Waals surface area contributed by atoms with Gasteiger partial charge < -0.3 is 0 Å². The Bertz CT molecular complexity index is 825. The zero-order chi connectivity index (χ0) is 16.4. The Kier molecular flexibility index (Phi) is 4.26. The predicted octanol–water partition coefficient (Wildman–Crippen LogP) is 4.22. The summed E-state index contributed by atoms with van der Waals surface area (Å²) in [7, 11) is -3.45. The van der Waals surface area contributed by atoms with Crippen molar-refractivity contribution in [2.45, 2.75) is 32.1 Å². The lowest BCUT2D eigenvalue weighted by Gasteiger charge is -2.36. The first-order chi connectivity index (χ1) is 11.0. The fourth-order valence-electron chi connectivity index (χ4n) is 3.13. The summed E-state index contributed by atoms with van der Waals surface area (Å²) in [5.41, 5.74) is 3.69. The lowest BCUT2D eigenvalue weighted by molar-refractivity contribution is 0.583. The molecule has 1 heterocycles. The molecule has 23 heavy (non-hydrogen) atoms. The molecule has 3 nitrogen and oxygen atoms in total. The van der Waals surface area contributed by atoms with E-state index in [9.17, 15) is 8.42 Å². The Labute approximate surface area is 138 Å². The van der Waals surface area contributed by atoms with Gasteiger partial charge in [-0.3, -0.25) is 4.31 Å². The third kappa shape index (κ3) is 3.04. The highest BCUT2D eigenvalue weighted by atomic mass is 32.2. The highest BCUT2D eigenvalue weighted by Gasteiger charge is 2.33. The van der Waals surface area contributed by atoms with Crippen LogP contribution < -0.4 is 4.31 Å². The molecule has 2 aromatic carbocycles. The molecular weight excluding hydrogens is 306 g/mol. The van der Waals surface area contributed by atoms with E-state index in [4.69, 9.17) is 0 Å². The summed E-state index contributed by atoms with van der Waals surface area (Å²) < 4.78 is 27.8. The molecule has 0 fully saturated rings. The van der Waals surface area contributed by atoms with Crippen LogP contribution in [0.15, 0.2) is 60.2 Å². The van der Waals surface area contributed by atoms with Crippen LogP contribution in [0, 0.1) is 0 Å². The fraction of sp³-hybridized carbons (Fsp3) is 0.263. The van der Waals surface area contributed by atoms with Gasteiger partial charge in [-0.15, -0.1) is 0 Å². The van der Waals surface area contributed by atoms with Crippen molar-refractivity contribution in [2.24, 2.45) is 0 Å². The molecule has 1 aliphatic heterocycles. The van der Waals surface area contributed by atoms with Gasteiger partial charge in [-0.25, -0.2) is 8.42 Å². The van der Waals surface area contributed by atoms with Crippen LogP contribution in [-0.4, -0.2) is 14.5 Å². The van der Waals surface area contributed by atoms with Crippen molar-refractivity contribution in [1.82, 2.24) is 0 Å². The number of hydrogen-bond acceptors (Lipinski definition) is 2. The minimum Gasteiger partial charge on any atom is -0.262 e. The minimum absolute atomic E-state index is 0.0174. The summed E-state index contributed by atoms with van der Waals surface area (Å²) in [5.74, 6) is 0.0174. The van der Waals surface area contributed by atoms with Crippen molar-refractivity contribution in [2.75, 3.05) is 4.31 Å². The monoisotopic (exact) mass is 327 g/mol. The number of nitrogens with zero attached hydrogens (tertiary/aromatic N) is 1. The molecule has 0 spiro atoms. The van der Waals surface area contributed by atoms with Gasteiger partial charge in [0.2, 0.25) is 10.0 Å². The lowest BCUT2D eigenvalue weighted by atomic mass is 9.97. The Hall–Kier alpha value is -2.07. The molecule has 0 amide bonds. The van der Waals surface area contributed by atoms with Gasteiger partial charge in [0, 0.05) is 0 Å². The minimum atomic E-state index is -3.45. The number of sulfonamides is 1. The highest BCUT2D eigenvalue weighted by molar-refractivity contribution is 7.92. The molecular formula is C19H21NO2S. The maximum atomic E-state index is 13.1. The Morgan fingerprint density at radius 3 is 2.35 bits per heavy atom. The fourth-order valence-corrected chi connectivity index (χ4v) is 4.97. The number of anilines is 1. The largest absolute Gasteiger partial charge is 0.262 e. The van der Waals surface area contributed by atoms with E-state index in [1.165, 1.54) is 0 Å². The van der Waals surface area contributed by atoms with Crippen LogP contribution in [0.1, 0.15) is 31.4 Å². The van der Waals surface area contributed by atoms with Gasteiger partial charge in [0.15, 0.2) is 0 Å². The van der Waals surface area contributed by atoms with E-state index < -0.39 is 10.0 Å². The number of hydrogen-bond donors (Lipinski definition) is 0. The van der Waals surface area contributed by atoms with E-state index in [1.807, 2.05) is 61.5 Å². The molecule has 4 heteroatoms. The maximum absolute atomic E-state index is 13.1.